The Balaban J connectivity index is 2.30. The van der Waals surface area contributed by atoms with Crippen LogP contribution in [0.1, 0.15) is 25.1 Å². The average molecular weight is 284 g/mol. The molecule has 0 radical (unpaired) electrons. The Kier molecular flexibility index (Phi) is 6.35. The van der Waals surface area contributed by atoms with Crippen molar-refractivity contribution < 1.29 is 14.7 Å². The summed E-state index contributed by atoms with van der Waals surface area (Å²) in [6, 6.07) is 2.71. The van der Waals surface area contributed by atoms with Gasteiger partial charge in [-0.1, -0.05) is 19.9 Å². The highest BCUT2D eigenvalue weighted by Gasteiger charge is 2.20. The van der Waals surface area contributed by atoms with Crippen LogP contribution in [0.5, 0.6) is 0 Å². The molecule has 1 aromatic rings. The van der Waals surface area contributed by atoms with E-state index >= 15 is 0 Å². The molecular weight excluding hydrogens is 264 g/mol. The zero-order valence-corrected chi connectivity index (χ0v) is 12.0. The minimum atomic E-state index is -0.998. The highest BCUT2D eigenvalue weighted by atomic mass is 32.1. The molecule has 0 unspecified atom stereocenters. The largest absolute Gasteiger partial charge is 0.480 e. The summed E-state index contributed by atoms with van der Waals surface area (Å²) < 4.78 is 0. The predicted molar refractivity (Wildman–Crippen MR) is 75.4 cm³/mol. The van der Waals surface area contributed by atoms with E-state index in [0.717, 1.165) is 6.42 Å². The van der Waals surface area contributed by atoms with Gasteiger partial charge in [0.25, 0.3) is 0 Å². The van der Waals surface area contributed by atoms with Gasteiger partial charge in [-0.2, -0.15) is 0 Å². The third kappa shape index (κ3) is 6.24. The van der Waals surface area contributed by atoms with E-state index in [2.05, 4.69) is 10.6 Å². The van der Waals surface area contributed by atoms with Crippen molar-refractivity contribution in [1.29, 1.82) is 0 Å². The fourth-order valence-electron chi connectivity index (χ4n) is 1.66. The van der Waals surface area contributed by atoms with Gasteiger partial charge in [0, 0.05) is 11.4 Å². The van der Waals surface area contributed by atoms with Gasteiger partial charge in [0.2, 0.25) is 0 Å². The standard InChI is InChI=1S/C13H20N2O3S/c1-9(2)8-11(12(16)17)15-13(18)14-6-5-10-4-3-7-19-10/h3-4,7,9,11H,5-6,8H2,1-2H3,(H,16,17)(H2,14,15,18)/t11-/m0/s1. The number of amides is 2. The maximum absolute atomic E-state index is 11.6. The van der Waals surface area contributed by atoms with E-state index in [0.29, 0.717) is 13.0 Å². The van der Waals surface area contributed by atoms with Crippen LogP contribution in [0.4, 0.5) is 4.79 Å². The van der Waals surface area contributed by atoms with Gasteiger partial charge >= 0.3 is 12.0 Å². The van der Waals surface area contributed by atoms with Gasteiger partial charge in [-0.25, -0.2) is 9.59 Å². The monoisotopic (exact) mass is 284 g/mol. The second kappa shape index (κ2) is 7.78. The molecule has 1 aromatic heterocycles. The number of hydrogen-bond acceptors (Lipinski definition) is 3. The highest BCUT2D eigenvalue weighted by molar-refractivity contribution is 7.09. The lowest BCUT2D eigenvalue weighted by atomic mass is 10.0. The van der Waals surface area contributed by atoms with Crippen LogP contribution in [0.25, 0.3) is 0 Å². The molecule has 5 nitrogen and oxygen atoms in total. The van der Waals surface area contributed by atoms with Crippen LogP contribution in [-0.4, -0.2) is 29.7 Å². The fraction of sp³-hybridized carbons (Fsp3) is 0.538. The van der Waals surface area contributed by atoms with Crippen molar-refractivity contribution in [3.8, 4) is 0 Å². The van der Waals surface area contributed by atoms with Crippen LogP contribution in [0.15, 0.2) is 17.5 Å². The number of carboxylic acid groups (broad SMARTS) is 1. The van der Waals surface area contributed by atoms with Gasteiger partial charge in [0.05, 0.1) is 0 Å². The minimum Gasteiger partial charge on any atom is -0.480 e. The molecule has 0 aliphatic rings. The van der Waals surface area contributed by atoms with E-state index in [1.807, 2.05) is 31.4 Å². The average Bonchev–Trinajstić information content (AvgIpc) is 2.80. The van der Waals surface area contributed by atoms with Gasteiger partial charge in [-0.15, -0.1) is 11.3 Å². The number of urea groups is 1. The number of carbonyl (C=O) groups excluding carboxylic acids is 1. The zero-order chi connectivity index (χ0) is 14.3. The van der Waals surface area contributed by atoms with E-state index in [9.17, 15) is 9.59 Å². The fourth-order valence-corrected chi connectivity index (χ4v) is 2.37. The van der Waals surface area contributed by atoms with Crippen molar-refractivity contribution >= 4 is 23.3 Å². The third-order valence-corrected chi connectivity index (χ3v) is 3.48. The van der Waals surface area contributed by atoms with Gasteiger partial charge < -0.3 is 15.7 Å². The third-order valence-electron chi connectivity index (χ3n) is 2.55. The molecule has 106 valence electrons. The number of nitrogens with one attached hydrogen (secondary N) is 2. The molecule has 0 spiro atoms. The Bertz CT molecular complexity index is 404. The first-order valence-corrected chi connectivity index (χ1v) is 7.16. The molecular formula is C13H20N2O3S. The summed E-state index contributed by atoms with van der Waals surface area (Å²) in [5.74, 6) is -0.783. The lowest BCUT2D eigenvalue weighted by Crippen LogP contribution is -2.47. The van der Waals surface area contributed by atoms with Crippen LogP contribution < -0.4 is 10.6 Å². The zero-order valence-electron chi connectivity index (χ0n) is 11.2. The Labute approximate surface area is 117 Å². The molecule has 1 rings (SSSR count). The van der Waals surface area contributed by atoms with E-state index < -0.39 is 18.0 Å². The van der Waals surface area contributed by atoms with E-state index in [4.69, 9.17) is 5.11 Å². The summed E-state index contributed by atoms with van der Waals surface area (Å²) in [5, 5.41) is 16.1. The lowest BCUT2D eigenvalue weighted by Gasteiger charge is -2.16. The topological polar surface area (TPSA) is 78.4 Å². The van der Waals surface area contributed by atoms with Crippen LogP contribution in [0.3, 0.4) is 0 Å². The molecule has 0 saturated heterocycles. The summed E-state index contributed by atoms with van der Waals surface area (Å²) in [5.41, 5.74) is 0. The van der Waals surface area contributed by atoms with Crippen LogP contribution >= 0.6 is 11.3 Å². The van der Waals surface area contributed by atoms with Crippen molar-refractivity contribution in [3.05, 3.63) is 22.4 Å². The van der Waals surface area contributed by atoms with Crippen LogP contribution in [0, 0.1) is 5.92 Å². The maximum atomic E-state index is 11.6. The first-order chi connectivity index (χ1) is 8.99. The number of rotatable bonds is 7. The smallest absolute Gasteiger partial charge is 0.326 e. The van der Waals surface area contributed by atoms with Crippen molar-refractivity contribution in [2.75, 3.05) is 6.54 Å². The summed E-state index contributed by atoms with van der Waals surface area (Å²) in [7, 11) is 0. The maximum Gasteiger partial charge on any atom is 0.326 e. The lowest BCUT2D eigenvalue weighted by molar-refractivity contribution is -0.139. The first-order valence-electron chi connectivity index (χ1n) is 6.28. The molecule has 3 N–H and O–H groups in total. The summed E-state index contributed by atoms with van der Waals surface area (Å²) in [6.45, 7) is 4.35. The molecule has 0 aliphatic heterocycles. The van der Waals surface area contributed by atoms with Crippen molar-refractivity contribution in [1.82, 2.24) is 10.6 Å². The van der Waals surface area contributed by atoms with Crippen molar-refractivity contribution in [2.24, 2.45) is 5.92 Å². The minimum absolute atomic E-state index is 0.215. The Morgan fingerprint density at radius 2 is 2.16 bits per heavy atom. The predicted octanol–water partition coefficient (Wildman–Crippen LogP) is 2.09. The molecule has 1 atom stereocenters. The summed E-state index contributed by atoms with van der Waals surface area (Å²) >= 11 is 1.64. The van der Waals surface area contributed by atoms with Gasteiger partial charge in [-0.3, -0.25) is 0 Å². The quantitative estimate of drug-likeness (QED) is 0.717. The summed E-state index contributed by atoms with van der Waals surface area (Å²) in [6.07, 6.45) is 1.18. The molecule has 6 heteroatoms. The van der Waals surface area contributed by atoms with Gasteiger partial charge in [0.15, 0.2) is 0 Å². The molecule has 19 heavy (non-hydrogen) atoms. The molecule has 0 aromatic carbocycles. The molecule has 1 heterocycles. The molecule has 0 aliphatic carbocycles. The second-order valence-electron chi connectivity index (χ2n) is 4.75. The van der Waals surface area contributed by atoms with Gasteiger partial charge in [0.1, 0.15) is 6.04 Å². The molecule has 2 amide bonds. The molecule has 0 fully saturated rings. The van der Waals surface area contributed by atoms with E-state index in [1.165, 1.54) is 4.88 Å². The Hall–Kier alpha value is -1.56. The number of carbonyl (C=O) groups is 2. The molecule has 0 saturated carbocycles. The molecule has 0 bridgehead atoms. The summed E-state index contributed by atoms with van der Waals surface area (Å²) in [4.78, 5) is 23.8. The number of thiophene rings is 1. The Morgan fingerprint density at radius 1 is 1.42 bits per heavy atom. The van der Waals surface area contributed by atoms with Crippen molar-refractivity contribution in [2.45, 2.75) is 32.7 Å². The van der Waals surface area contributed by atoms with Crippen molar-refractivity contribution in [3.63, 3.8) is 0 Å². The van der Waals surface area contributed by atoms with E-state index in [-0.39, 0.29) is 5.92 Å². The highest BCUT2D eigenvalue weighted by Crippen LogP contribution is 2.08. The van der Waals surface area contributed by atoms with Crippen LogP contribution in [0.2, 0.25) is 0 Å². The SMILES string of the molecule is CC(C)C[C@H](NC(=O)NCCc1cccs1)C(=O)O. The number of hydrogen-bond donors (Lipinski definition) is 3. The van der Waals surface area contributed by atoms with Crippen LogP contribution in [-0.2, 0) is 11.2 Å². The normalized spacial score (nSPS) is 12.2. The van der Waals surface area contributed by atoms with Gasteiger partial charge in [-0.05, 0) is 30.2 Å². The second-order valence-corrected chi connectivity index (χ2v) is 5.78. The number of carboxylic acids is 1. The Morgan fingerprint density at radius 3 is 2.68 bits per heavy atom. The number of aliphatic carboxylic acids is 1. The van der Waals surface area contributed by atoms with E-state index in [1.54, 1.807) is 11.3 Å². The first kappa shape index (κ1) is 15.5.